The van der Waals surface area contributed by atoms with Crippen LogP contribution in [0.3, 0.4) is 0 Å². The van der Waals surface area contributed by atoms with Crippen LogP contribution >= 0.6 is 0 Å². The summed E-state index contributed by atoms with van der Waals surface area (Å²) in [6, 6.07) is 80.0. The first-order valence-corrected chi connectivity index (χ1v) is 20.1. The minimum absolute atomic E-state index is 0.695. The van der Waals surface area contributed by atoms with Crippen molar-refractivity contribution in [2.24, 2.45) is 0 Å². The van der Waals surface area contributed by atoms with Crippen molar-refractivity contribution in [2.45, 2.75) is 0 Å². The molecule has 0 amide bonds. The van der Waals surface area contributed by atoms with Crippen LogP contribution in [0.2, 0.25) is 0 Å². The highest BCUT2D eigenvalue weighted by molar-refractivity contribution is 5.85. The van der Waals surface area contributed by atoms with Gasteiger partial charge in [-0.2, -0.15) is 0 Å². The van der Waals surface area contributed by atoms with Crippen molar-refractivity contribution in [3.8, 4) is 101 Å². The molecule has 0 fully saturated rings. The van der Waals surface area contributed by atoms with Gasteiger partial charge in [0.1, 0.15) is 0 Å². The van der Waals surface area contributed by atoms with Gasteiger partial charge in [-0.25, -0.2) is 19.9 Å². The number of nitrogens with zero attached hydrogens (tertiary/aromatic N) is 4. The molecule has 2 heterocycles. The molecule has 60 heavy (non-hydrogen) atoms. The average Bonchev–Trinajstić information content (AvgIpc) is 3.35. The Bertz CT molecular complexity index is 2760. The third-order valence-corrected chi connectivity index (χ3v) is 10.7. The Hall–Kier alpha value is -8.08. The van der Waals surface area contributed by atoms with Crippen LogP contribution < -0.4 is 0 Å². The van der Waals surface area contributed by atoms with Gasteiger partial charge >= 0.3 is 0 Å². The Kier molecular flexibility index (Phi) is 9.92. The Labute approximate surface area is 350 Å². The van der Waals surface area contributed by atoms with Gasteiger partial charge in [0.05, 0.1) is 22.8 Å². The van der Waals surface area contributed by atoms with Crippen molar-refractivity contribution in [2.75, 3.05) is 0 Å². The smallest absolute Gasteiger partial charge is 0.160 e. The van der Waals surface area contributed by atoms with E-state index < -0.39 is 0 Å². The molecule has 0 radical (unpaired) electrons. The summed E-state index contributed by atoms with van der Waals surface area (Å²) in [6.07, 6.45) is 0. The number of rotatable bonds is 9. The Morgan fingerprint density at radius 3 is 0.783 bits per heavy atom. The molecule has 0 saturated heterocycles. The third kappa shape index (κ3) is 7.78. The van der Waals surface area contributed by atoms with Crippen LogP contribution in [0.4, 0.5) is 0 Å². The van der Waals surface area contributed by atoms with Crippen LogP contribution in [-0.2, 0) is 0 Å². The van der Waals surface area contributed by atoms with Gasteiger partial charge in [0.25, 0.3) is 0 Å². The largest absolute Gasteiger partial charge is 0.228 e. The lowest BCUT2D eigenvalue weighted by molar-refractivity contribution is 1.18. The predicted octanol–water partition coefficient (Wildman–Crippen LogP) is 14.3. The van der Waals surface area contributed by atoms with E-state index in [9.17, 15) is 0 Å². The van der Waals surface area contributed by atoms with E-state index in [1.54, 1.807) is 0 Å². The van der Waals surface area contributed by atoms with Gasteiger partial charge < -0.3 is 0 Å². The Balaban J connectivity index is 1.09. The van der Waals surface area contributed by atoms with E-state index in [4.69, 9.17) is 19.9 Å². The monoisotopic (exact) mass is 766 g/mol. The molecule has 4 nitrogen and oxygen atoms in total. The molecule has 0 N–H and O–H groups in total. The second kappa shape index (κ2) is 16.4. The standard InChI is InChI=1S/C56H38N4/c1-6-18-39(19-7-1)48-34-49(44-28-16-30-46(32-44)53-37-51(40-20-8-2-9-21-40)57-55(59-53)42-24-12-4-13-25-42)36-50(35-48)45-29-17-31-47(33-45)54-38-52(41-22-10-3-11-23-41)58-56(60-54)43-26-14-5-15-27-43/h1-38H. The Morgan fingerprint density at radius 2 is 0.417 bits per heavy atom. The number of benzene rings is 8. The molecule has 0 bridgehead atoms. The zero-order chi connectivity index (χ0) is 40.1. The molecular weight excluding hydrogens is 729 g/mol. The lowest BCUT2D eigenvalue weighted by Crippen LogP contribution is -1.96. The van der Waals surface area contributed by atoms with Crippen LogP contribution in [0.25, 0.3) is 101 Å². The quantitative estimate of drug-likeness (QED) is 0.147. The zero-order valence-corrected chi connectivity index (χ0v) is 32.7. The summed E-state index contributed by atoms with van der Waals surface area (Å²) in [5.74, 6) is 1.39. The highest BCUT2D eigenvalue weighted by Crippen LogP contribution is 2.37. The maximum absolute atomic E-state index is 5.13. The van der Waals surface area contributed by atoms with Gasteiger partial charge in [-0.15, -0.1) is 0 Å². The van der Waals surface area contributed by atoms with Gasteiger partial charge in [-0.1, -0.05) is 188 Å². The van der Waals surface area contributed by atoms with E-state index in [2.05, 4.69) is 158 Å². The second-order valence-electron chi connectivity index (χ2n) is 14.7. The van der Waals surface area contributed by atoms with Crippen LogP contribution in [0.5, 0.6) is 0 Å². The fourth-order valence-corrected chi connectivity index (χ4v) is 7.61. The molecule has 282 valence electrons. The van der Waals surface area contributed by atoms with Crippen molar-refractivity contribution in [1.29, 1.82) is 0 Å². The summed E-state index contributed by atoms with van der Waals surface area (Å²) in [4.78, 5) is 20.3. The van der Waals surface area contributed by atoms with Crippen molar-refractivity contribution in [3.05, 3.63) is 231 Å². The van der Waals surface area contributed by atoms with E-state index in [1.165, 1.54) is 0 Å². The second-order valence-corrected chi connectivity index (χ2v) is 14.7. The first-order chi connectivity index (χ1) is 29.7. The highest BCUT2D eigenvalue weighted by Gasteiger charge is 2.15. The minimum Gasteiger partial charge on any atom is -0.228 e. The van der Waals surface area contributed by atoms with Crippen LogP contribution in [-0.4, -0.2) is 19.9 Å². The fourth-order valence-electron chi connectivity index (χ4n) is 7.61. The molecule has 0 unspecified atom stereocenters. The molecule has 10 rings (SSSR count). The molecule has 0 aliphatic carbocycles. The molecule has 0 aliphatic rings. The van der Waals surface area contributed by atoms with Crippen molar-refractivity contribution in [1.82, 2.24) is 19.9 Å². The highest BCUT2D eigenvalue weighted by atomic mass is 14.9. The van der Waals surface area contributed by atoms with Crippen molar-refractivity contribution in [3.63, 3.8) is 0 Å². The molecular formula is C56H38N4. The summed E-state index contributed by atoms with van der Waals surface area (Å²) in [5.41, 5.74) is 16.3. The number of aromatic nitrogens is 4. The first kappa shape index (κ1) is 36.3. The summed E-state index contributed by atoms with van der Waals surface area (Å²) in [5, 5.41) is 0. The summed E-state index contributed by atoms with van der Waals surface area (Å²) >= 11 is 0. The molecule has 4 heteroatoms. The predicted molar refractivity (Wildman–Crippen MR) is 247 cm³/mol. The average molecular weight is 767 g/mol. The molecule has 0 aliphatic heterocycles. The van der Waals surface area contributed by atoms with Gasteiger partial charge in [0, 0.05) is 33.4 Å². The molecule has 2 aromatic heterocycles. The molecule has 0 saturated carbocycles. The van der Waals surface area contributed by atoms with E-state index >= 15 is 0 Å². The lowest BCUT2D eigenvalue weighted by Gasteiger charge is -2.14. The zero-order valence-electron chi connectivity index (χ0n) is 32.7. The topological polar surface area (TPSA) is 51.6 Å². The molecule has 10 aromatic rings. The van der Waals surface area contributed by atoms with Crippen molar-refractivity contribution < 1.29 is 0 Å². The summed E-state index contributed by atoms with van der Waals surface area (Å²) in [7, 11) is 0. The van der Waals surface area contributed by atoms with Gasteiger partial charge in [-0.05, 0) is 75.8 Å². The fraction of sp³-hybridized carbons (Fsp3) is 0. The normalized spacial score (nSPS) is 11.0. The Morgan fingerprint density at radius 1 is 0.167 bits per heavy atom. The van der Waals surface area contributed by atoms with Crippen LogP contribution in [0.1, 0.15) is 0 Å². The maximum atomic E-state index is 5.13. The van der Waals surface area contributed by atoms with Crippen LogP contribution in [0, 0.1) is 0 Å². The lowest BCUT2D eigenvalue weighted by atomic mass is 9.91. The number of hydrogen-bond acceptors (Lipinski definition) is 4. The molecule has 0 atom stereocenters. The summed E-state index contributed by atoms with van der Waals surface area (Å²) < 4.78 is 0. The van der Waals surface area contributed by atoms with E-state index in [1.807, 2.05) is 72.8 Å². The summed E-state index contributed by atoms with van der Waals surface area (Å²) in [6.45, 7) is 0. The first-order valence-electron chi connectivity index (χ1n) is 20.1. The van der Waals surface area contributed by atoms with Gasteiger partial charge in [-0.3, -0.25) is 0 Å². The minimum atomic E-state index is 0.695. The van der Waals surface area contributed by atoms with E-state index in [0.717, 1.165) is 89.5 Å². The van der Waals surface area contributed by atoms with Gasteiger partial charge in [0.15, 0.2) is 11.6 Å². The van der Waals surface area contributed by atoms with Crippen molar-refractivity contribution >= 4 is 0 Å². The molecule has 8 aromatic carbocycles. The SMILES string of the molecule is c1ccc(-c2cc(-c3cccc(-c4cc(-c5ccccc5)nc(-c5ccccc5)n4)c3)cc(-c3cccc(-c4cc(-c5ccccc5)nc(-c5ccccc5)n4)c3)c2)cc1. The molecule has 0 spiro atoms. The van der Waals surface area contributed by atoms with E-state index in [0.29, 0.717) is 11.6 Å². The van der Waals surface area contributed by atoms with Gasteiger partial charge in [0.2, 0.25) is 0 Å². The third-order valence-electron chi connectivity index (χ3n) is 10.7. The maximum Gasteiger partial charge on any atom is 0.160 e. The van der Waals surface area contributed by atoms with Crippen LogP contribution in [0.15, 0.2) is 231 Å². The number of hydrogen-bond donors (Lipinski definition) is 0. The van der Waals surface area contributed by atoms with E-state index in [-0.39, 0.29) is 0 Å².